The molecule has 0 saturated carbocycles. The Bertz CT molecular complexity index is 1000. The number of nitrogens with one attached hydrogen (secondary N) is 1. The minimum absolute atomic E-state index is 0.00000860. The zero-order valence-electron chi connectivity index (χ0n) is 19.4. The Labute approximate surface area is 214 Å². The molecule has 0 aliphatic heterocycles. The molecule has 0 aliphatic rings. The predicted octanol–water partition coefficient (Wildman–Crippen LogP) is 5.86. The normalized spacial score (nSPS) is 12.6. The molecule has 7 nitrogen and oxygen atoms in total. The Morgan fingerprint density at radius 1 is 1.06 bits per heavy atom. The van der Waals surface area contributed by atoms with Crippen LogP contribution in [-0.2, 0) is 21.9 Å². The lowest BCUT2D eigenvalue weighted by Gasteiger charge is -2.31. The standard InChI is InChI=1S/C24H29Cl2N3O4S/c1-4-16(3)27-24(31)22(5-2)28(13-18-8-11-20(25)21(26)12-18)23(30)15-34-14-17-6-9-19(10-7-17)29(32)33/h6-12,16,22H,4-5,13-15H2,1-3H3,(H,27,31)/t16-,22-/m1/s1. The van der Waals surface area contributed by atoms with E-state index in [0.29, 0.717) is 22.2 Å². The van der Waals surface area contributed by atoms with Crippen molar-refractivity contribution in [3.8, 4) is 0 Å². The van der Waals surface area contributed by atoms with E-state index in [-0.39, 0.29) is 35.8 Å². The number of nitro benzene ring substituents is 1. The topological polar surface area (TPSA) is 92.6 Å². The molecule has 0 aromatic heterocycles. The van der Waals surface area contributed by atoms with Crippen molar-refractivity contribution < 1.29 is 14.5 Å². The van der Waals surface area contributed by atoms with Crippen LogP contribution in [0.2, 0.25) is 10.0 Å². The Kier molecular flexibility index (Phi) is 11.1. The molecule has 1 N–H and O–H groups in total. The van der Waals surface area contributed by atoms with Gasteiger partial charge in [0.1, 0.15) is 6.04 Å². The zero-order valence-corrected chi connectivity index (χ0v) is 21.8. The van der Waals surface area contributed by atoms with Crippen molar-refractivity contribution in [1.82, 2.24) is 10.2 Å². The summed E-state index contributed by atoms with van der Waals surface area (Å²) in [5, 5.41) is 14.6. The molecule has 34 heavy (non-hydrogen) atoms. The second-order valence-corrected chi connectivity index (χ2v) is 9.73. The molecule has 2 amide bonds. The predicted molar refractivity (Wildman–Crippen MR) is 138 cm³/mol. The Morgan fingerprint density at radius 3 is 2.26 bits per heavy atom. The zero-order chi connectivity index (χ0) is 25.3. The number of benzene rings is 2. The van der Waals surface area contributed by atoms with Crippen molar-refractivity contribution >= 4 is 52.5 Å². The minimum Gasteiger partial charge on any atom is -0.352 e. The largest absolute Gasteiger partial charge is 0.352 e. The third kappa shape index (κ3) is 8.18. The number of hydrogen-bond donors (Lipinski definition) is 1. The number of non-ortho nitro benzene ring substituents is 1. The third-order valence-electron chi connectivity index (χ3n) is 5.37. The van der Waals surface area contributed by atoms with E-state index in [1.54, 1.807) is 35.2 Å². The molecule has 0 bridgehead atoms. The fourth-order valence-electron chi connectivity index (χ4n) is 3.25. The van der Waals surface area contributed by atoms with Crippen LogP contribution < -0.4 is 5.32 Å². The average Bonchev–Trinajstić information content (AvgIpc) is 2.81. The van der Waals surface area contributed by atoms with Crippen LogP contribution in [0.15, 0.2) is 42.5 Å². The van der Waals surface area contributed by atoms with Gasteiger partial charge in [0.25, 0.3) is 5.69 Å². The van der Waals surface area contributed by atoms with E-state index >= 15 is 0 Å². The van der Waals surface area contributed by atoms with Gasteiger partial charge in [-0.05, 0) is 43.0 Å². The maximum absolute atomic E-state index is 13.3. The molecule has 10 heteroatoms. The summed E-state index contributed by atoms with van der Waals surface area (Å²) in [5.74, 6) is 0.306. The summed E-state index contributed by atoms with van der Waals surface area (Å²) in [6, 6.07) is 10.8. The van der Waals surface area contributed by atoms with Crippen molar-refractivity contribution in [2.45, 2.75) is 58.0 Å². The van der Waals surface area contributed by atoms with Gasteiger partial charge >= 0.3 is 0 Å². The lowest BCUT2D eigenvalue weighted by atomic mass is 10.1. The summed E-state index contributed by atoms with van der Waals surface area (Å²) in [5.41, 5.74) is 1.68. The van der Waals surface area contributed by atoms with Crippen LogP contribution in [0.3, 0.4) is 0 Å². The van der Waals surface area contributed by atoms with Gasteiger partial charge in [0, 0.05) is 30.5 Å². The van der Waals surface area contributed by atoms with Crippen molar-refractivity contribution in [2.75, 3.05) is 5.75 Å². The SMILES string of the molecule is CC[C@@H](C)NC(=O)[C@@H](CC)N(Cc1ccc(Cl)c(Cl)c1)C(=O)CSCc1ccc([N+](=O)[O-])cc1. The number of halogens is 2. The van der Waals surface area contributed by atoms with E-state index in [4.69, 9.17) is 23.2 Å². The summed E-state index contributed by atoms with van der Waals surface area (Å²) in [4.78, 5) is 38.2. The van der Waals surface area contributed by atoms with Crippen LogP contribution in [0.1, 0.15) is 44.7 Å². The van der Waals surface area contributed by atoms with Gasteiger partial charge in [-0.3, -0.25) is 19.7 Å². The molecule has 2 aromatic rings. The van der Waals surface area contributed by atoms with Gasteiger partial charge in [-0.2, -0.15) is 0 Å². The van der Waals surface area contributed by atoms with Gasteiger partial charge < -0.3 is 10.2 Å². The van der Waals surface area contributed by atoms with Crippen LogP contribution in [-0.4, -0.2) is 39.5 Å². The fourth-order valence-corrected chi connectivity index (χ4v) is 4.44. The first-order chi connectivity index (χ1) is 16.2. The van der Waals surface area contributed by atoms with Crippen molar-refractivity contribution in [1.29, 1.82) is 0 Å². The molecule has 0 heterocycles. The number of carbonyl (C=O) groups excluding carboxylic acids is 2. The molecule has 0 spiro atoms. The summed E-state index contributed by atoms with van der Waals surface area (Å²) < 4.78 is 0. The van der Waals surface area contributed by atoms with E-state index in [1.807, 2.05) is 20.8 Å². The number of carbonyl (C=O) groups is 2. The molecule has 0 radical (unpaired) electrons. The highest BCUT2D eigenvalue weighted by atomic mass is 35.5. The van der Waals surface area contributed by atoms with Gasteiger partial charge in [-0.25, -0.2) is 0 Å². The third-order valence-corrected chi connectivity index (χ3v) is 7.09. The monoisotopic (exact) mass is 525 g/mol. The van der Waals surface area contributed by atoms with Crippen LogP contribution in [0.5, 0.6) is 0 Å². The Hall–Kier alpha value is -2.29. The summed E-state index contributed by atoms with van der Waals surface area (Å²) in [6.07, 6.45) is 1.25. The lowest BCUT2D eigenvalue weighted by Crippen LogP contribution is -2.51. The molecule has 184 valence electrons. The number of hydrogen-bond acceptors (Lipinski definition) is 5. The molecule has 0 unspecified atom stereocenters. The first kappa shape index (κ1) is 28.0. The van der Waals surface area contributed by atoms with Crippen LogP contribution >= 0.6 is 35.0 Å². The van der Waals surface area contributed by atoms with Crippen molar-refractivity contribution in [3.63, 3.8) is 0 Å². The summed E-state index contributed by atoms with van der Waals surface area (Å²) in [6.45, 7) is 6.01. The Balaban J connectivity index is 2.15. The van der Waals surface area contributed by atoms with E-state index in [0.717, 1.165) is 17.5 Å². The summed E-state index contributed by atoms with van der Waals surface area (Å²) >= 11 is 13.6. The first-order valence-electron chi connectivity index (χ1n) is 11.0. The highest BCUT2D eigenvalue weighted by molar-refractivity contribution is 7.99. The maximum atomic E-state index is 13.3. The molecular weight excluding hydrogens is 497 g/mol. The number of amides is 2. The van der Waals surface area contributed by atoms with Gasteiger partial charge in [0.2, 0.25) is 11.8 Å². The summed E-state index contributed by atoms with van der Waals surface area (Å²) in [7, 11) is 0. The number of nitrogens with zero attached hydrogens (tertiary/aromatic N) is 2. The number of thioether (sulfide) groups is 1. The van der Waals surface area contributed by atoms with Crippen LogP contribution in [0.4, 0.5) is 5.69 Å². The van der Waals surface area contributed by atoms with Gasteiger partial charge in [-0.15, -0.1) is 11.8 Å². The molecule has 0 fully saturated rings. The van der Waals surface area contributed by atoms with E-state index in [9.17, 15) is 19.7 Å². The fraction of sp³-hybridized carbons (Fsp3) is 0.417. The molecule has 2 aromatic carbocycles. The second kappa shape index (κ2) is 13.6. The van der Waals surface area contributed by atoms with Crippen LogP contribution in [0.25, 0.3) is 0 Å². The number of rotatable bonds is 12. The maximum Gasteiger partial charge on any atom is 0.269 e. The quantitative estimate of drug-likeness (QED) is 0.276. The smallest absolute Gasteiger partial charge is 0.269 e. The van der Waals surface area contributed by atoms with E-state index in [2.05, 4.69) is 5.32 Å². The molecule has 2 atom stereocenters. The molecule has 2 rings (SSSR count). The number of nitro groups is 1. The molecule has 0 aliphatic carbocycles. The second-order valence-electron chi connectivity index (χ2n) is 7.93. The molecular formula is C24H29Cl2N3O4S. The molecule has 0 saturated heterocycles. The van der Waals surface area contributed by atoms with E-state index < -0.39 is 11.0 Å². The highest BCUT2D eigenvalue weighted by Gasteiger charge is 2.29. The minimum atomic E-state index is -0.629. The van der Waals surface area contributed by atoms with E-state index in [1.165, 1.54) is 23.9 Å². The van der Waals surface area contributed by atoms with Gasteiger partial charge in [0.15, 0.2) is 0 Å². The highest BCUT2D eigenvalue weighted by Crippen LogP contribution is 2.25. The van der Waals surface area contributed by atoms with Crippen molar-refractivity contribution in [3.05, 3.63) is 73.8 Å². The van der Waals surface area contributed by atoms with Gasteiger partial charge in [-0.1, -0.05) is 55.2 Å². The first-order valence-corrected chi connectivity index (χ1v) is 12.9. The lowest BCUT2D eigenvalue weighted by molar-refractivity contribution is -0.384. The van der Waals surface area contributed by atoms with Gasteiger partial charge in [0.05, 0.1) is 20.7 Å². The van der Waals surface area contributed by atoms with Crippen molar-refractivity contribution in [2.24, 2.45) is 0 Å². The average molecular weight is 526 g/mol. The van der Waals surface area contributed by atoms with Crippen LogP contribution in [0, 0.1) is 10.1 Å². The Morgan fingerprint density at radius 2 is 1.71 bits per heavy atom.